The Kier molecular flexibility index (Phi) is 5.18. The summed E-state index contributed by atoms with van der Waals surface area (Å²) in [5, 5.41) is 12.0. The van der Waals surface area contributed by atoms with Crippen molar-refractivity contribution in [2.75, 3.05) is 13.1 Å². The number of carbonyl (C=O) groups excluding carboxylic acids is 1. The minimum Gasteiger partial charge on any atom is -0.351 e. The third-order valence-electron chi connectivity index (χ3n) is 5.77. The molecule has 4 aromatic rings. The van der Waals surface area contributed by atoms with E-state index in [1.807, 2.05) is 48.0 Å². The van der Waals surface area contributed by atoms with Gasteiger partial charge in [-0.05, 0) is 30.7 Å². The molecule has 1 aliphatic heterocycles. The van der Waals surface area contributed by atoms with Crippen LogP contribution in [0.1, 0.15) is 22.9 Å². The van der Waals surface area contributed by atoms with Gasteiger partial charge in [-0.2, -0.15) is 5.10 Å². The molecule has 1 saturated heterocycles. The van der Waals surface area contributed by atoms with Gasteiger partial charge >= 0.3 is 0 Å². The lowest BCUT2D eigenvalue weighted by molar-refractivity contribution is -0.121. The van der Waals surface area contributed by atoms with E-state index in [1.165, 1.54) is 5.56 Å². The number of hydrogen-bond donors (Lipinski definition) is 2. The van der Waals surface area contributed by atoms with E-state index in [9.17, 15) is 4.79 Å². The predicted molar refractivity (Wildman–Crippen MR) is 119 cm³/mol. The quantitative estimate of drug-likeness (QED) is 0.526. The van der Waals surface area contributed by atoms with E-state index in [2.05, 4.69) is 37.8 Å². The number of rotatable bonds is 5. The highest BCUT2D eigenvalue weighted by molar-refractivity contribution is 5.83. The van der Waals surface area contributed by atoms with Crippen molar-refractivity contribution in [2.45, 2.75) is 25.3 Å². The molecule has 0 bridgehead atoms. The standard InChI is InChI=1S/C24H24N6O/c1-16-9-20(7-8-26-16)30-23-15-27-19(10-18(23)12-28-30)11-24(31)29-22-14-25-13-21(22)17-5-3-2-4-6-17/h2-10,12,15,21-22,25H,11,13-14H2,1H3,(H,29,31). The number of nitrogens with one attached hydrogen (secondary N) is 2. The Bertz CT molecular complexity index is 1220. The fourth-order valence-electron chi connectivity index (χ4n) is 4.24. The van der Waals surface area contributed by atoms with Crippen LogP contribution in [0.4, 0.5) is 0 Å². The Morgan fingerprint density at radius 3 is 2.84 bits per heavy atom. The topological polar surface area (TPSA) is 84.7 Å². The summed E-state index contributed by atoms with van der Waals surface area (Å²) in [4.78, 5) is 21.5. The molecule has 0 aliphatic carbocycles. The molecule has 156 valence electrons. The normalized spacial score (nSPS) is 18.4. The molecule has 5 rings (SSSR count). The molecule has 0 spiro atoms. The first-order chi connectivity index (χ1) is 15.2. The van der Waals surface area contributed by atoms with Gasteiger partial charge < -0.3 is 10.6 Å². The number of aromatic nitrogens is 4. The Labute approximate surface area is 180 Å². The molecule has 1 fully saturated rings. The Morgan fingerprint density at radius 2 is 2.00 bits per heavy atom. The predicted octanol–water partition coefficient (Wildman–Crippen LogP) is 2.54. The molecule has 7 nitrogen and oxygen atoms in total. The number of fused-ring (bicyclic) bond motifs is 1. The van der Waals surface area contributed by atoms with Crippen LogP contribution < -0.4 is 10.6 Å². The van der Waals surface area contributed by atoms with E-state index in [0.717, 1.165) is 41.1 Å². The lowest BCUT2D eigenvalue weighted by Crippen LogP contribution is -2.40. The number of aryl methyl sites for hydroxylation is 1. The van der Waals surface area contributed by atoms with Crippen LogP contribution in [0.2, 0.25) is 0 Å². The first-order valence-corrected chi connectivity index (χ1v) is 10.5. The molecule has 4 heterocycles. The van der Waals surface area contributed by atoms with Gasteiger partial charge in [-0.25, -0.2) is 4.68 Å². The number of nitrogens with zero attached hydrogens (tertiary/aromatic N) is 4. The molecule has 2 atom stereocenters. The van der Waals surface area contributed by atoms with Crippen molar-refractivity contribution in [3.05, 3.63) is 84.1 Å². The molecule has 3 aromatic heterocycles. The largest absolute Gasteiger partial charge is 0.351 e. The maximum atomic E-state index is 12.7. The highest BCUT2D eigenvalue weighted by atomic mass is 16.1. The van der Waals surface area contributed by atoms with E-state index in [-0.39, 0.29) is 24.3 Å². The minimum absolute atomic E-state index is 0.0152. The van der Waals surface area contributed by atoms with Crippen molar-refractivity contribution < 1.29 is 4.79 Å². The summed E-state index contributed by atoms with van der Waals surface area (Å²) < 4.78 is 1.84. The monoisotopic (exact) mass is 412 g/mol. The summed E-state index contributed by atoms with van der Waals surface area (Å²) in [5.41, 5.74) is 4.75. The van der Waals surface area contributed by atoms with Gasteiger partial charge in [0, 0.05) is 42.3 Å². The molecule has 31 heavy (non-hydrogen) atoms. The van der Waals surface area contributed by atoms with Gasteiger partial charge in [0.1, 0.15) is 0 Å². The van der Waals surface area contributed by atoms with E-state index in [0.29, 0.717) is 0 Å². The SMILES string of the molecule is Cc1cc(-n2ncc3cc(CC(=O)NC4CNCC4c4ccccc4)ncc32)ccn1. The maximum Gasteiger partial charge on any atom is 0.226 e. The summed E-state index contributed by atoms with van der Waals surface area (Å²) in [5.74, 6) is 0.265. The van der Waals surface area contributed by atoms with Gasteiger partial charge in [-0.15, -0.1) is 0 Å². The van der Waals surface area contributed by atoms with Crippen molar-refractivity contribution in [1.82, 2.24) is 30.4 Å². The number of benzene rings is 1. The van der Waals surface area contributed by atoms with E-state index in [4.69, 9.17) is 0 Å². The highest BCUT2D eigenvalue weighted by Gasteiger charge is 2.29. The number of amides is 1. The number of carbonyl (C=O) groups is 1. The Hall–Kier alpha value is -3.58. The minimum atomic E-state index is -0.0152. The lowest BCUT2D eigenvalue weighted by Gasteiger charge is -2.20. The summed E-state index contributed by atoms with van der Waals surface area (Å²) in [6, 6.07) is 16.2. The van der Waals surface area contributed by atoms with Crippen LogP contribution in [0, 0.1) is 6.92 Å². The zero-order chi connectivity index (χ0) is 21.2. The van der Waals surface area contributed by atoms with Gasteiger partial charge in [0.15, 0.2) is 0 Å². The van der Waals surface area contributed by atoms with Gasteiger partial charge in [0.05, 0.1) is 35.7 Å². The van der Waals surface area contributed by atoms with Crippen molar-refractivity contribution in [2.24, 2.45) is 0 Å². The number of pyridine rings is 2. The fourth-order valence-corrected chi connectivity index (χ4v) is 4.24. The average molecular weight is 412 g/mol. The molecule has 1 aromatic carbocycles. The first kappa shape index (κ1) is 19.4. The molecule has 7 heteroatoms. The lowest BCUT2D eigenvalue weighted by atomic mass is 9.94. The smallest absolute Gasteiger partial charge is 0.226 e. The van der Waals surface area contributed by atoms with Gasteiger partial charge in [-0.1, -0.05) is 30.3 Å². The van der Waals surface area contributed by atoms with Crippen molar-refractivity contribution in [3.63, 3.8) is 0 Å². The molecule has 1 aliphatic rings. The van der Waals surface area contributed by atoms with E-state index < -0.39 is 0 Å². The molecular weight excluding hydrogens is 388 g/mol. The molecular formula is C24H24N6O. The third-order valence-corrected chi connectivity index (χ3v) is 5.77. The van der Waals surface area contributed by atoms with Crippen molar-refractivity contribution >= 4 is 16.8 Å². The molecule has 2 N–H and O–H groups in total. The maximum absolute atomic E-state index is 12.7. The summed E-state index contributed by atoms with van der Waals surface area (Å²) >= 11 is 0. The molecule has 1 amide bonds. The summed E-state index contributed by atoms with van der Waals surface area (Å²) in [7, 11) is 0. The van der Waals surface area contributed by atoms with Crippen LogP contribution in [0.5, 0.6) is 0 Å². The Balaban J connectivity index is 1.30. The van der Waals surface area contributed by atoms with Crippen LogP contribution >= 0.6 is 0 Å². The van der Waals surface area contributed by atoms with Crippen LogP contribution in [-0.4, -0.2) is 44.8 Å². The third kappa shape index (κ3) is 4.04. The Morgan fingerprint density at radius 1 is 1.13 bits per heavy atom. The zero-order valence-electron chi connectivity index (χ0n) is 17.3. The molecule has 0 saturated carbocycles. The van der Waals surface area contributed by atoms with Crippen LogP contribution in [0.15, 0.2) is 67.1 Å². The van der Waals surface area contributed by atoms with E-state index in [1.54, 1.807) is 18.6 Å². The first-order valence-electron chi connectivity index (χ1n) is 10.5. The van der Waals surface area contributed by atoms with Crippen LogP contribution in [-0.2, 0) is 11.2 Å². The molecule has 0 radical (unpaired) electrons. The van der Waals surface area contributed by atoms with Crippen LogP contribution in [0.3, 0.4) is 0 Å². The summed E-state index contributed by atoms with van der Waals surface area (Å²) in [6.45, 7) is 3.59. The van der Waals surface area contributed by atoms with Crippen LogP contribution in [0.25, 0.3) is 16.6 Å². The number of hydrogen-bond acceptors (Lipinski definition) is 5. The summed E-state index contributed by atoms with van der Waals surface area (Å²) in [6.07, 6.45) is 5.60. The van der Waals surface area contributed by atoms with Gasteiger partial charge in [-0.3, -0.25) is 14.8 Å². The average Bonchev–Trinajstić information content (AvgIpc) is 3.41. The second-order valence-corrected chi connectivity index (χ2v) is 7.97. The van der Waals surface area contributed by atoms with Crippen molar-refractivity contribution in [1.29, 1.82) is 0 Å². The van der Waals surface area contributed by atoms with Crippen molar-refractivity contribution in [3.8, 4) is 5.69 Å². The highest BCUT2D eigenvalue weighted by Crippen LogP contribution is 2.23. The molecule has 2 unspecified atom stereocenters. The second-order valence-electron chi connectivity index (χ2n) is 7.97. The fraction of sp³-hybridized carbons (Fsp3) is 0.250. The van der Waals surface area contributed by atoms with Gasteiger partial charge in [0.2, 0.25) is 5.91 Å². The second kappa shape index (κ2) is 8.28. The van der Waals surface area contributed by atoms with E-state index >= 15 is 0 Å². The van der Waals surface area contributed by atoms with Gasteiger partial charge in [0.25, 0.3) is 0 Å². The zero-order valence-corrected chi connectivity index (χ0v) is 17.3.